The van der Waals surface area contributed by atoms with Crippen molar-refractivity contribution in [3.8, 4) is 0 Å². The van der Waals surface area contributed by atoms with Gasteiger partial charge in [-0.05, 0) is 62.5 Å². The molecule has 2 nitrogen and oxygen atoms in total. The van der Waals surface area contributed by atoms with Crippen LogP contribution in [0.2, 0.25) is 0 Å². The van der Waals surface area contributed by atoms with Gasteiger partial charge in [0.15, 0.2) is 0 Å². The Bertz CT molecular complexity index is 449. The summed E-state index contributed by atoms with van der Waals surface area (Å²) in [5.41, 5.74) is 5.46. The Morgan fingerprint density at radius 2 is 1.90 bits per heavy atom. The molecule has 1 fully saturated rings. The van der Waals surface area contributed by atoms with Gasteiger partial charge in [0, 0.05) is 5.69 Å². The Kier molecular flexibility index (Phi) is 4.58. The fraction of sp³-hybridized carbons (Fsp3) is 0.600. The van der Waals surface area contributed by atoms with Gasteiger partial charge in [-0.3, -0.25) is 0 Å². The fourth-order valence-electron chi connectivity index (χ4n) is 2.85. The van der Waals surface area contributed by atoms with Crippen LogP contribution in [-0.2, 0) is 12.6 Å². The van der Waals surface area contributed by atoms with Crippen LogP contribution in [-0.4, -0.2) is 24.5 Å². The number of anilines is 1. The number of nitrogens with two attached hydrogens (primary N) is 1. The summed E-state index contributed by atoms with van der Waals surface area (Å²) in [5, 5.41) is 0. The van der Waals surface area contributed by atoms with Crippen LogP contribution in [0.15, 0.2) is 18.2 Å². The van der Waals surface area contributed by atoms with E-state index in [4.69, 9.17) is 5.73 Å². The predicted molar refractivity (Wildman–Crippen MR) is 74.4 cm³/mol. The van der Waals surface area contributed by atoms with E-state index in [1.165, 1.54) is 6.07 Å². The highest BCUT2D eigenvalue weighted by atomic mass is 19.4. The standard InChI is InChI=1S/C15H21F3N2/c1-2-20-7-5-11(6-8-20)9-12-3-4-13(19)10-14(12)15(16,17)18/h3-4,10-11H,2,5-9,19H2,1H3. The van der Waals surface area contributed by atoms with Crippen molar-refractivity contribution in [1.82, 2.24) is 4.90 Å². The number of halogens is 3. The topological polar surface area (TPSA) is 29.3 Å². The largest absolute Gasteiger partial charge is 0.416 e. The van der Waals surface area contributed by atoms with E-state index in [-0.39, 0.29) is 5.69 Å². The highest BCUT2D eigenvalue weighted by Gasteiger charge is 2.34. The van der Waals surface area contributed by atoms with Crippen LogP contribution < -0.4 is 5.73 Å². The van der Waals surface area contributed by atoms with E-state index in [0.717, 1.165) is 38.5 Å². The summed E-state index contributed by atoms with van der Waals surface area (Å²) in [4.78, 5) is 2.34. The summed E-state index contributed by atoms with van der Waals surface area (Å²) in [5.74, 6) is 0.336. The second-order valence-corrected chi connectivity index (χ2v) is 5.50. The summed E-state index contributed by atoms with van der Waals surface area (Å²) in [6.45, 7) is 5.10. The molecule has 0 saturated carbocycles. The molecule has 0 aromatic heterocycles. The normalized spacial score (nSPS) is 18.4. The van der Waals surface area contributed by atoms with Gasteiger partial charge in [-0.1, -0.05) is 13.0 Å². The van der Waals surface area contributed by atoms with Gasteiger partial charge in [0.25, 0.3) is 0 Å². The van der Waals surface area contributed by atoms with Crippen molar-refractivity contribution >= 4 is 5.69 Å². The van der Waals surface area contributed by atoms with Gasteiger partial charge in [-0.2, -0.15) is 13.2 Å². The lowest BCUT2D eigenvalue weighted by Crippen LogP contribution is -2.34. The van der Waals surface area contributed by atoms with Crippen molar-refractivity contribution in [2.24, 2.45) is 5.92 Å². The molecular formula is C15H21F3N2. The zero-order valence-electron chi connectivity index (χ0n) is 11.7. The number of piperidine rings is 1. The van der Waals surface area contributed by atoms with Crippen LogP contribution >= 0.6 is 0 Å². The van der Waals surface area contributed by atoms with Gasteiger partial charge < -0.3 is 10.6 Å². The first-order valence-corrected chi connectivity index (χ1v) is 7.08. The third-order valence-electron chi connectivity index (χ3n) is 4.10. The number of nitrogen functional groups attached to an aromatic ring is 1. The summed E-state index contributed by atoms with van der Waals surface area (Å²) >= 11 is 0. The van der Waals surface area contributed by atoms with Crippen molar-refractivity contribution in [3.05, 3.63) is 29.3 Å². The molecule has 0 amide bonds. The van der Waals surface area contributed by atoms with Crippen molar-refractivity contribution < 1.29 is 13.2 Å². The first-order chi connectivity index (χ1) is 9.40. The molecule has 0 bridgehead atoms. The van der Waals surface area contributed by atoms with E-state index in [0.29, 0.717) is 17.9 Å². The summed E-state index contributed by atoms with van der Waals surface area (Å²) in [6.07, 6.45) is -1.90. The number of likely N-dealkylation sites (tertiary alicyclic amines) is 1. The Labute approximate surface area is 117 Å². The summed E-state index contributed by atoms with van der Waals surface area (Å²) in [7, 11) is 0. The number of rotatable bonds is 3. The van der Waals surface area contributed by atoms with E-state index < -0.39 is 11.7 Å². The average molecular weight is 286 g/mol. The van der Waals surface area contributed by atoms with Crippen molar-refractivity contribution in [2.45, 2.75) is 32.4 Å². The molecule has 1 saturated heterocycles. The van der Waals surface area contributed by atoms with Crippen LogP contribution in [0.1, 0.15) is 30.9 Å². The Morgan fingerprint density at radius 3 is 2.45 bits per heavy atom. The fourth-order valence-corrected chi connectivity index (χ4v) is 2.85. The Hall–Kier alpha value is -1.23. The molecule has 1 aromatic rings. The minimum Gasteiger partial charge on any atom is -0.399 e. The van der Waals surface area contributed by atoms with Gasteiger partial charge in [0.2, 0.25) is 0 Å². The maximum Gasteiger partial charge on any atom is 0.416 e. The minimum atomic E-state index is -4.32. The summed E-state index contributed by atoms with van der Waals surface area (Å²) < 4.78 is 39.1. The second-order valence-electron chi connectivity index (χ2n) is 5.50. The monoisotopic (exact) mass is 286 g/mol. The first kappa shape index (κ1) is 15.2. The minimum absolute atomic E-state index is 0.168. The zero-order chi connectivity index (χ0) is 14.8. The van der Waals surface area contributed by atoms with Crippen molar-refractivity contribution in [2.75, 3.05) is 25.4 Å². The quantitative estimate of drug-likeness (QED) is 0.861. The van der Waals surface area contributed by atoms with E-state index in [1.807, 2.05) is 0 Å². The lowest BCUT2D eigenvalue weighted by Gasteiger charge is -2.31. The lowest BCUT2D eigenvalue weighted by atomic mass is 9.88. The van der Waals surface area contributed by atoms with E-state index in [1.54, 1.807) is 6.07 Å². The number of hydrogen-bond acceptors (Lipinski definition) is 2. The first-order valence-electron chi connectivity index (χ1n) is 7.08. The maximum absolute atomic E-state index is 13.0. The van der Waals surface area contributed by atoms with Gasteiger partial charge >= 0.3 is 6.18 Å². The number of hydrogen-bond donors (Lipinski definition) is 1. The molecule has 2 rings (SSSR count). The Morgan fingerprint density at radius 1 is 1.25 bits per heavy atom. The molecule has 0 spiro atoms. The van der Waals surface area contributed by atoms with Crippen LogP contribution in [0.4, 0.5) is 18.9 Å². The number of nitrogens with zero attached hydrogens (tertiary/aromatic N) is 1. The number of alkyl halides is 3. The van der Waals surface area contributed by atoms with Crippen molar-refractivity contribution in [3.63, 3.8) is 0 Å². The van der Waals surface area contributed by atoms with Crippen LogP contribution in [0.3, 0.4) is 0 Å². The highest BCUT2D eigenvalue weighted by molar-refractivity contribution is 5.46. The SMILES string of the molecule is CCN1CCC(Cc2ccc(N)cc2C(F)(F)F)CC1. The molecule has 2 N–H and O–H groups in total. The molecule has 0 radical (unpaired) electrons. The van der Waals surface area contributed by atoms with Crippen LogP contribution in [0.25, 0.3) is 0 Å². The second kappa shape index (κ2) is 6.04. The van der Waals surface area contributed by atoms with Gasteiger partial charge in [-0.15, -0.1) is 0 Å². The lowest BCUT2D eigenvalue weighted by molar-refractivity contribution is -0.138. The molecule has 1 aliphatic heterocycles. The Balaban J connectivity index is 2.10. The van der Waals surface area contributed by atoms with Crippen LogP contribution in [0.5, 0.6) is 0 Å². The molecule has 1 heterocycles. The molecule has 0 atom stereocenters. The molecule has 20 heavy (non-hydrogen) atoms. The predicted octanol–water partition coefficient (Wildman–Crippen LogP) is 3.56. The van der Waals surface area contributed by atoms with Crippen LogP contribution in [0, 0.1) is 5.92 Å². The molecule has 0 aliphatic carbocycles. The molecule has 1 aliphatic rings. The molecule has 5 heteroatoms. The number of benzene rings is 1. The van der Waals surface area contributed by atoms with Gasteiger partial charge in [0.1, 0.15) is 0 Å². The molecule has 0 unspecified atom stereocenters. The van der Waals surface area contributed by atoms with E-state index in [9.17, 15) is 13.2 Å². The van der Waals surface area contributed by atoms with Gasteiger partial charge in [-0.25, -0.2) is 0 Å². The third kappa shape index (κ3) is 3.66. The highest BCUT2D eigenvalue weighted by Crippen LogP contribution is 2.35. The average Bonchev–Trinajstić information content (AvgIpc) is 2.40. The van der Waals surface area contributed by atoms with E-state index >= 15 is 0 Å². The third-order valence-corrected chi connectivity index (χ3v) is 4.10. The molecule has 112 valence electrons. The van der Waals surface area contributed by atoms with E-state index in [2.05, 4.69) is 11.8 Å². The van der Waals surface area contributed by atoms with Crippen molar-refractivity contribution in [1.29, 1.82) is 0 Å². The van der Waals surface area contributed by atoms with Gasteiger partial charge in [0.05, 0.1) is 5.56 Å². The zero-order valence-corrected chi connectivity index (χ0v) is 11.7. The molecular weight excluding hydrogens is 265 g/mol. The maximum atomic E-state index is 13.0. The summed E-state index contributed by atoms with van der Waals surface area (Å²) in [6, 6.07) is 4.15. The smallest absolute Gasteiger partial charge is 0.399 e. The molecule has 1 aromatic carbocycles.